The number of hydrogen-bond acceptors (Lipinski definition) is 6. The molecule has 4 heterocycles. The van der Waals surface area contributed by atoms with Crippen molar-refractivity contribution in [2.24, 2.45) is 5.41 Å². The van der Waals surface area contributed by atoms with Gasteiger partial charge in [-0.15, -0.1) is 0 Å². The number of likely N-dealkylation sites (tertiary alicyclic amines) is 1. The number of hydrogen-bond donors (Lipinski definition) is 0. The molecular formula is C36H43FN4O4. The molecule has 2 aliphatic heterocycles. The Hall–Kier alpha value is -3.72. The highest BCUT2D eigenvalue weighted by atomic mass is 19.1. The summed E-state index contributed by atoms with van der Waals surface area (Å²) in [5.41, 5.74) is 3.35. The summed E-state index contributed by atoms with van der Waals surface area (Å²) in [4.78, 5) is 19.8. The van der Waals surface area contributed by atoms with Crippen LogP contribution in [0.5, 0.6) is 5.88 Å². The van der Waals surface area contributed by atoms with Crippen LogP contribution in [0.4, 0.5) is 9.18 Å². The summed E-state index contributed by atoms with van der Waals surface area (Å²) in [6, 6.07) is 11.0. The van der Waals surface area contributed by atoms with Crippen LogP contribution in [-0.2, 0) is 9.47 Å². The molecule has 2 aromatic heterocycles. The van der Waals surface area contributed by atoms with Gasteiger partial charge >= 0.3 is 6.09 Å². The minimum absolute atomic E-state index is 0.00162. The Morgan fingerprint density at radius 3 is 2.58 bits per heavy atom. The van der Waals surface area contributed by atoms with Crippen molar-refractivity contribution in [2.45, 2.75) is 97.0 Å². The van der Waals surface area contributed by atoms with Gasteiger partial charge in [0, 0.05) is 36.0 Å². The predicted octanol–water partition coefficient (Wildman–Crippen LogP) is 8.38. The number of nitrogens with zero attached hydrogens (tertiary/aromatic N) is 4. The van der Waals surface area contributed by atoms with Crippen molar-refractivity contribution in [3.8, 4) is 17.0 Å². The van der Waals surface area contributed by atoms with Crippen LogP contribution in [0.1, 0.15) is 91.0 Å². The fraction of sp³-hybridized carbons (Fsp3) is 0.528. The molecule has 0 radical (unpaired) electrons. The number of carbonyl (C=O) groups excluding carboxylic acids is 1. The van der Waals surface area contributed by atoms with Gasteiger partial charge in [0.15, 0.2) is 6.23 Å². The molecule has 8 nitrogen and oxygen atoms in total. The SMILES string of the molecule is CC(C)c1nc(OC2CC3(CCN(C(=O)OC(C)(C)C)C3)C2)c2cc3c(cnn3C3CCCCO3)cc2c1-c1ccc(F)cc1. The van der Waals surface area contributed by atoms with Gasteiger partial charge in [0.25, 0.3) is 0 Å². The van der Waals surface area contributed by atoms with Crippen LogP contribution in [0.3, 0.4) is 0 Å². The lowest BCUT2D eigenvalue weighted by atomic mass is 9.66. The Morgan fingerprint density at radius 2 is 1.89 bits per heavy atom. The number of halogens is 1. The molecular weight excluding hydrogens is 571 g/mol. The second-order valence-corrected chi connectivity index (χ2v) is 14.5. The van der Waals surface area contributed by atoms with E-state index in [4.69, 9.17) is 24.3 Å². The lowest BCUT2D eigenvalue weighted by Gasteiger charge is -2.44. The first-order valence-corrected chi connectivity index (χ1v) is 16.4. The number of amides is 1. The van der Waals surface area contributed by atoms with E-state index >= 15 is 0 Å². The van der Waals surface area contributed by atoms with Gasteiger partial charge in [-0.2, -0.15) is 5.10 Å². The highest BCUT2D eigenvalue weighted by molar-refractivity contribution is 6.06. The van der Waals surface area contributed by atoms with Crippen molar-refractivity contribution in [1.82, 2.24) is 19.7 Å². The Bertz CT molecular complexity index is 1730. The topological polar surface area (TPSA) is 78.7 Å². The van der Waals surface area contributed by atoms with Gasteiger partial charge in [0.1, 0.15) is 17.5 Å². The summed E-state index contributed by atoms with van der Waals surface area (Å²) in [5.74, 6) is 0.450. The lowest BCUT2D eigenvalue weighted by molar-refractivity contribution is -0.0366. The molecule has 7 rings (SSSR count). The fourth-order valence-electron chi connectivity index (χ4n) is 7.31. The van der Waals surface area contributed by atoms with E-state index in [-0.39, 0.29) is 35.6 Å². The average Bonchev–Trinajstić information content (AvgIpc) is 3.61. The summed E-state index contributed by atoms with van der Waals surface area (Å²) < 4.78 is 34.5. The molecule has 9 heteroatoms. The number of fused-ring (bicyclic) bond motifs is 2. The van der Waals surface area contributed by atoms with Crippen LogP contribution >= 0.6 is 0 Å². The van der Waals surface area contributed by atoms with E-state index < -0.39 is 5.60 Å². The Morgan fingerprint density at radius 1 is 1.11 bits per heavy atom. The molecule has 238 valence electrons. The van der Waals surface area contributed by atoms with Crippen LogP contribution in [-0.4, -0.2) is 57.2 Å². The molecule has 1 spiro atoms. The van der Waals surface area contributed by atoms with Gasteiger partial charge in [-0.25, -0.2) is 18.9 Å². The first kappa shape index (κ1) is 30.0. The molecule has 1 aliphatic carbocycles. The van der Waals surface area contributed by atoms with E-state index in [0.29, 0.717) is 19.0 Å². The van der Waals surface area contributed by atoms with Gasteiger partial charge < -0.3 is 19.1 Å². The summed E-state index contributed by atoms with van der Waals surface area (Å²) in [5, 5.41) is 7.70. The monoisotopic (exact) mass is 614 g/mol. The summed E-state index contributed by atoms with van der Waals surface area (Å²) in [6.45, 7) is 12.1. The maximum absolute atomic E-state index is 14.0. The molecule has 0 N–H and O–H groups in total. The van der Waals surface area contributed by atoms with E-state index in [1.165, 1.54) is 12.1 Å². The molecule has 2 aromatic carbocycles. The third kappa shape index (κ3) is 5.75. The van der Waals surface area contributed by atoms with Crippen LogP contribution < -0.4 is 4.74 Å². The zero-order chi connectivity index (χ0) is 31.5. The molecule has 3 fully saturated rings. The quantitative estimate of drug-likeness (QED) is 0.225. The van der Waals surface area contributed by atoms with Crippen LogP contribution in [0.15, 0.2) is 42.6 Å². The largest absolute Gasteiger partial charge is 0.474 e. The number of benzene rings is 2. The molecule has 0 bridgehead atoms. The second kappa shape index (κ2) is 11.3. The van der Waals surface area contributed by atoms with Crippen LogP contribution in [0.25, 0.3) is 32.8 Å². The zero-order valence-electron chi connectivity index (χ0n) is 26.9. The molecule has 2 saturated heterocycles. The summed E-state index contributed by atoms with van der Waals surface area (Å²) >= 11 is 0. The fourth-order valence-corrected chi connectivity index (χ4v) is 7.31. The molecule has 45 heavy (non-hydrogen) atoms. The third-order valence-corrected chi connectivity index (χ3v) is 9.51. The Kier molecular flexibility index (Phi) is 7.50. The van der Waals surface area contributed by atoms with Gasteiger partial charge in [0.2, 0.25) is 5.88 Å². The summed E-state index contributed by atoms with van der Waals surface area (Å²) in [7, 11) is 0. The molecule has 1 saturated carbocycles. The van der Waals surface area contributed by atoms with Crippen molar-refractivity contribution in [2.75, 3.05) is 19.7 Å². The Labute approximate surface area is 263 Å². The first-order valence-electron chi connectivity index (χ1n) is 16.4. The van der Waals surface area contributed by atoms with E-state index in [9.17, 15) is 9.18 Å². The minimum atomic E-state index is -0.511. The standard InChI is InChI=1S/C36H43FN4O4/c1-22(2)32-31(23-9-11-25(37)12-10-23)27-16-24-20-38-41(30-8-6-7-15-43-30)29(24)17-28(27)33(39-32)44-26-18-36(19-26)13-14-40(21-36)34(42)45-35(3,4)5/h9-12,16-17,20,22,26,30H,6-8,13-15,18-19,21H2,1-5H3. The van der Waals surface area contributed by atoms with E-state index in [1.807, 2.05) is 48.7 Å². The van der Waals surface area contributed by atoms with Crippen molar-refractivity contribution in [3.63, 3.8) is 0 Å². The number of rotatable bonds is 5. The second-order valence-electron chi connectivity index (χ2n) is 14.5. The predicted molar refractivity (Wildman–Crippen MR) is 172 cm³/mol. The molecule has 1 atom stereocenters. The van der Waals surface area contributed by atoms with Crippen molar-refractivity contribution >= 4 is 27.8 Å². The van der Waals surface area contributed by atoms with Crippen molar-refractivity contribution in [1.29, 1.82) is 0 Å². The number of pyridine rings is 1. The maximum Gasteiger partial charge on any atom is 0.410 e. The van der Waals surface area contributed by atoms with E-state index in [0.717, 1.165) is 83.6 Å². The number of ether oxygens (including phenoxy) is 3. The van der Waals surface area contributed by atoms with E-state index in [2.05, 4.69) is 26.0 Å². The number of carbonyl (C=O) groups is 1. The number of aromatic nitrogens is 3. The van der Waals surface area contributed by atoms with Crippen molar-refractivity contribution < 1.29 is 23.4 Å². The Balaban J connectivity index is 1.25. The maximum atomic E-state index is 14.0. The van der Waals surface area contributed by atoms with Gasteiger partial charge in [-0.05, 0) is 106 Å². The molecule has 4 aromatic rings. The minimum Gasteiger partial charge on any atom is -0.474 e. The normalized spacial score (nSPS) is 23.7. The van der Waals surface area contributed by atoms with Gasteiger partial charge in [0.05, 0.1) is 17.4 Å². The highest BCUT2D eigenvalue weighted by Crippen LogP contribution is 2.51. The molecule has 1 unspecified atom stereocenters. The third-order valence-electron chi connectivity index (χ3n) is 9.51. The highest BCUT2D eigenvalue weighted by Gasteiger charge is 2.51. The smallest absolute Gasteiger partial charge is 0.410 e. The summed E-state index contributed by atoms with van der Waals surface area (Å²) in [6.07, 6.45) is 7.34. The van der Waals surface area contributed by atoms with Gasteiger partial charge in [-0.1, -0.05) is 26.0 Å². The molecule has 3 aliphatic rings. The van der Waals surface area contributed by atoms with Crippen molar-refractivity contribution in [3.05, 3.63) is 54.1 Å². The molecule has 1 amide bonds. The van der Waals surface area contributed by atoms with Crippen LogP contribution in [0.2, 0.25) is 0 Å². The zero-order valence-corrected chi connectivity index (χ0v) is 26.9. The average molecular weight is 615 g/mol. The van der Waals surface area contributed by atoms with Gasteiger partial charge in [-0.3, -0.25) is 0 Å². The lowest BCUT2D eigenvalue weighted by Crippen LogP contribution is -2.47. The van der Waals surface area contributed by atoms with E-state index in [1.54, 1.807) is 0 Å². The first-order chi connectivity index (χ1) is 21.5. The van der Waals surface area contributed by atoms with Crippen LogP contribution in [0, 0.1) is 11.2 Å².